The predicted octanol–water partition coefficient (Wildman–Crippen LogP) is 2.33. The third kappa shape index (κ3) is 3.60. The van der Waals surface area contributed by atoms with E-state index in [1.165, 1.54) is 0 Å². The molecule has 7 heteroatoms. The molecule has 1 aromatic carbocycles. The summed E-state index contributed by atoms with van der Waals surface area (Å²) in [5.74, 6) is 0.230. The van der Waals surface area contributed by atoms with Crippen molar-refractivity contribution >= 4 is 22.7 Å². The Bertz CT molecular complexity index is 923. The van der Waals surface area contributed by atoms with Gasteiger partial charge in [0.15, 0.2) is 0 Å². The molecule has 0 radical (unpaired) electrons. The van der Waals surface area contributed by atoms with Crippen LogP contribution in [-0.2, 0) is 16.0 Å². The van der Waals surface area contributed by atoms with Crippen molar-refractivity contribution in [1.82, 2.24) is 25.3 Å². The molecule has 0 spiro atoms. The minimum absolute atomic E-state index is 0.00281. The molecule has 30 heavy (non-hydrogen) atoms. The van der Waals surface area contributed by atoms with Gasteiger partial charge in [-0.15, -0.1) is 0 Å². The van der Waals surface area contributed by atoms with Crippen LogP contribution >= 0.6 is 0 Å². The van der Waals surface area contributed by atoms with Gasteiger partial charge in [-0.2, -0.15) is 5.10 Å². The fourth-order valence-electron chi connectivity index (χ4n) is 5.51. The molecular formula is C23H33N5O2. The molecule has 3 atom stereocenters. The molecule has 1 aromatic heterocycles. The second kappa shape index (κ2) is 8.38. The number of nitrogens with one attached hydrogen (secondary N) is 2. The summed E-state index contributed by atoms with van der Waals surface area (Å²) in [6, 6.07) is 8.03. The number of nitrogens with zero attached hydrogens (tertiary/aromatic N) is 3. The van der Waals surface area contributed by atoms with Crippen molar-refractivity contribution in [1.29, 1.82) is 0 Å². The summed E-state index contributed by atoms with van der Waals surface area (Å²) in [7, 11) is 4.08. The fraction of sp³-hybridized carbons (Fsp3) is 0.609. The number of para-hydroxylation sites is 1. The first kappa shape index (κ1) is 20.8. The highest BCUT2D eigenvalue weighted by Crippen LogP contribution is 2.52. The summed E-state index contributed by atoms with van der Waals surface area (Å²) in [6.07, 6.45) is 4.70. The zero-order valence-corrected chi connectivity index (χ0v) is 18.3. The Morgan fingerprint density at radius 3 is 2.87 bits per heavy atom. The molecule has 2 bridgehead atoms. The SMILES string of the molecule is CC[C@]1(C(=O)NCCCN(C)C)C[C@H]2CC[C@@H]1N2C(=O)Cc1[nH]nc2ccccc12. The molecule has 2 saturated heterocycles. The highest BCUT2D eigenvalue weighted by atomic mass is 16.2. The minimum Gasteiger partial charge on any atom is -0.356 e. The van der Waals surface area contributed by atoms with Gasteiger partial charge in [0, 0.05) is 24.0 Å². The van der Waals surface area contributed by atoms with Crippen LogP contribution < -0.4 is 5.32 Å². The molecular weight excluding hydrogens is 378 g/mol. The average molecular weight is 412 g/mol. The maximum atomic E-state index is 13.3. The van der Waals surface area contributed by atoms with E-state index in [0.717, 1.165) is 55.2 Å². The Balaban J connectivity index is 1.46. The quantitative estimate of drug-likeness (QED) is 0.654. The summed E-state index contributed by atoms with van der Waals surface area (Å²) < 4.78 is 0. The van der Waals surface area contributed by atoms with E-state index in [-0.39, 0.29) is 23.9 Å². The first-order valence-corrected chi connectivity index (χ1v) is 11.1. The smallest absolute Gasteiger partial charge is 0.229 e. The number of amides is 2. The van der Waals surface area contributed by atoms with Crippen molar-refractivity contribution in [2.75, 3.05) is 27.2 Å². The van der Waals surface area contributed by atoms with Gasteiger partial charge in [-0.1, -0.05) is 25.1 Å². The van der Waals surface area contributed by atoms with Gasteiger partial charge in [0.25, 0.3) is 0 Å². The topological polar surface area (TPSA) is 81.3 Å². The number of rotatable bonds is 8. The third-order valence-corrected chi connectivity index (χ3v) is 7.05. The molecule has 2 aromatic rings. The maximum absolute atomic E-state index is 13.3. The highest BCUT2D eigenvalue weighted by Gasteiger charge is 2.59. The molecule has 2 amide bonds. The summed E-state index contributed by atoms with van der Waals surface area (Å²) in [4.78, 5) is 30.7. The molecule has 4 rings (SSSR count). The van der Waals surface area contributed by atoms with Gasteiger partial charge >= 0.3 is 0 Å². The van der Waals surface area contributed by atoms with Gasteiger partial charge in [0.05, 0.1) is 23.0 Å². The van der Waals surface area contributed by atoms with E-state index in [9.17, 15) is 9.59 Å². The summed E-state index contributed by atoms with van der Waals surface area (Å²) in [5, 5.41) is 11.5. The van der Waals surface area contributed by atoms with E-state index in [2.05, 4.69) is 27.3 Å². The van der Waals surface area contributed by atoms with Crippen molar-refractivity contribution in [2.45, 2.75) is 57.5 Å². The van der Waals surface area contributed by atoms with Crippen molar-refractivity contribution in [2.24, 2.45) is 5.41 Å². The lowest BCUT2D eigenvalue weighted by atomic mass is 9.71. The monoisotopic (exact) mass is 411 g/mol. The Hall–Kier alpha value is -2.41. The average Bonchev–Trinajstić information content (AvgIpc) is 3.43. The normalized spacial score (nSPS) is 25.4. The number of hydrogen-bond donors (Lipinski definition) is 2. The lowest BCUT2D eigenvalue weighted by Crippen LogP contribution is -2.50. The third-order valence-electron chi connectivity index (χ3n) is 7.05. The van der Waals surface area contributed by atoms with Crippen LogP contribution in [0, 0.1) is 5.41 Å². The number of hydrogen-bond acceptors (Lipinski definition) is 4. The van der Waals surface area contributed by atoms with E-state index in [4.69, 9.17) is 0 Å². The van der Waals surface area contributed by atoms with Crippen molar-refractivity contribution in [3.05, 3.63) is 30.0 Å². The molecule has 2 N–H and O–H groups in total. The second-order valence-corrected chi connectivity index (χ2v) is 9.07. The predicted molar refractivity (Wildman–Crippen MR) is 117 cm³/mol. The van der Waals surface area contributed by atoms with Gasteiger partial charge in [0.1, 0.15) is 0 Å². The number of aromatic nitrogens is 2. The first-order chi connectivity index (χ1) is 14.5. The molecule has 0 aliphatic carbocycles. The molecule has 2 aliphatic rings. The Morgan fingerprint density at radius 2 is 2.10 bits per heavy atom. The fourth-order valence-corrected chi connectivity index (χ4v) is 5.51. The zero-order valence-electron chi connectivity index (χ0n) is 18.3. The van der Waals surface area contributed by atoms with Gasteiger partial charge in [-0.25, -0.2) is 0 Å². The number of carbonyl (C=O) groups excluding carboxylic acids is 2. The molecule has 2 fully saturated rings. The first-order valence-electron chi connectivity index (χ1n) is 11.1. The van der Waals surface area contributed by atoms with E-state index in [1.807, 2.05) is 43.3 Å². The standard InChI is InChI=1S/C23H33N5O2/c1-4-23(22(30)24-12-7-13-27(2)3)15-16-10-11-20(23)28(16)21(29)14-19-17-8-5-6-9-18(17)25-26-19/h5-6,8-9,16,20H,4,7,10-15H2,1-3H3,(H,24,30)(H,25,26)/t16-,20+,23+/m1/s1. The van der Waals surface area contributed by atoms with E-state index in [0.29, 0.717) is 13.0 Å². The Labute approximate surface area is 178 Å². The summed E-state index contributed by atoms with van der Waals surface area (Å²) in [6.45, 7) is 3.73. The maximum Gasteiger partial charge on any atom is 0.229 e. The van der Waals surface area contributed by atoms with Crippen LogP contribution in [0.4, 0.5) is 0 Å². The van der Waals surface area contributed by atoms with Gasteiger partial charge < -0.3 is 15.1 Å². The molecule has 0 saturated carbocycles. The number of aromatic amines is 1. The van der Waals surface area contributed by atoms with Crippen LogP contribution in [0.2, 0.25) is 0 Å². The second-order valence-electron chi connectivity index (χ2n) is 9.07. The summed E-state index contributed by atoms with van der Waals surface area (Å²) in [5.41, 5.74) is 1.29. The van der Waals surface area contributed by atoms with Crippen LogP contribution in [0.5, 0.6) is 0 Å². The zero-order chi connectivity index (χ0) is 21.3. The lowest BCUT2D eigenvalue weighted by molar-refractivity contribution is -0.136. The molecule has 162 valence electrons. The molecule has 0 unspecified atom stereocenters. The number of fused-ring (bicyclic) bond motifs is 3. The minimum atomic E-state index is -0.452. The van der Waals surface area contributed by atoms with E-state index >= 15 is 0 Å². The van der Waals surface area contributed by atoms with Gasteiger partial charge in [-0.05, 0) is 58.8 Å². The van der Waals surface area contributed by atoms with Gasteiger partial charge in [-0.3, -0.25) is 14.7 Å². The van der Waals surface area contributed by atoms with Crippen LogP contribution in [0.3, 0.4) is 0 Å². The largest absolute Gasteiger partial charge is 0.356 e. The van der Waals surface area contributed by atoms with Crippen LogP contribution in [0.25, 0.3) is 10.9 Å². The molecule has 2 aliphatic heterocycles. The highest BCUT2D eigenvalue weighted by molar-refractivity contribution is 5.90. The van der Waals surface area contributed by atoms with Crippen LogP contribution in [-0.4, -0.2) is 71.1 Å². The number of benzene rings is 1. The van der Waals surface area contributed by atoms with Crippen LogP contribution in [0.1, 0.15) is 44.7 Å². The van der Waals surface area contributed by atoms with E-state index < -0.39 is 5.41 Å². The molecule has 3 heterocycles. The Kier molecular flexibility index (Phi) is 5.82. The summed E-state index contributed by atoms with van der Waals surface area (Å²) >= 11 is 0. The molecule has 7 nitrogen and oxygen atoms in total. The van der Waals surface area contributed by atoms with Crippen molar-refractivity contribution in [3.63, 3.8) is 0 Å². The van der Waals surface area contributed by atoms with Crippen molar-refractivity contribution < 1.29 is 9.59 Å². The Morgan fingerprint density at radius 1 is 1.30 bits per heavy atom. The number of H-pyrrole nitrogens is 1. The lowest BCUT2D eigenvalue weighted by Gasteiger charge is -2.35. The van der Waals surface area contributed by atoms with Crippen molar-refractivity contribution in [3.8, 4) is 0 Å². The van der Waals surface area contributed by atoms with E-state index in [1.54, 1.807) is 0 Å². The van der Waals surface area contributed by atoms with Gasteiger partial charge in [0.2, 0.25) is 11.8 Å². The number of carbonyl (C=O) groups is 2. The van der Waals surface area contributed by atoms with Crippen LogP contribution in [0.15, 0.2) is 24.3 Å².